The van der Waals surface area contributed by atoms with Crippen LogP contribution in [0.3, 0.4) is 0 Å². The van der Waals surface area contributed by atoms with Gasteiger partial charge in [-0.05, 0) is 55.2 Å². The van der Waals surface area contributed by atoms with E-state index in [0.717, 1.165) is 29.8 Å². The second-order valence-corrected chi connectivity index (χ2v) is 6.90. The van der Waals surface area contributed by atoms with Crippen LogP contribution in [0.15, 0.2) is 48.5 Å². The van der Waals surface area contributed by atoms with Crippen molar-refractivity contribution in [2.75, 3.05) is 0 Å². The van der Waals surface area contributed by atoms with Gasteiger partial charge in [0.2, 0.25) is 0 Å². The van der Waals surface area contributed by atoms with E-state index in [4.69, 9.17) is 21.3 Å². The van der Waals surface area contributed by atoms with Gasteiger partial charge in [-0.25, -0.2) is 4.39 Å². The third-order valence-corrected chi connectivity index (χ3v) is 4.96. The van der Waals surface area contributed by atoms with Crippen LogP contribution in [-0.4, -0.2) is 4.98 Å². The highest BCUT2D eigenvalue weighted by atomic mass is 35.5. The molecule has 0 unspecified atom stereocenters. The molecule has 1 heterocycles. The molecular weight excluding hydrogens is 361 g/mol. The van der Waals surface area contributed by atoms with Crippen molar-refractivity contribution in [2.45, 2.75) is 40.2 Å². The number of hydrogen-bond donors (Lipinski definition) is 0. The maximum absolute atomic E-state index is 13.9. The van der Waals surface area contributed by atoms with Crippen LogP contribution in [0.4, 0.5) is 4.39 Å². The molecule has 0 bridgehead atoms. The predicted octanol–water partition coefficient (Wildman–Crippen LogP) is 6.55. The van der Waals surface area contributed by atoms with E-state index in [2.05, 4.69) is 32.0 Å². The molecular formula is C23H23ClFNO. The van der Waals surface area contributed by atoms with Crippen molar-refractivity contribution in [2.24, 2.45) is 0 Å². The summed E-state index contributed by atoms with van der Waals surface area (Å²) in [4.78, 5) is 4.81. The minimum Gasteiger partial charge on any atom is -0.486 e. The molecule has 0 aliphatic carbocycles. The molecule has 0 aliphatic rings. The molecule has 4 heteroatoms. The number of rotatable bonds is 6. The first-order chi connectivity index (χ1) is 13.0. The molecule has 1 aromatic heterocycles. The molecule has 2 aromatic carbocycles. The Hall–Kier alpha value is -2.39. The standard InChI is InChI=1S/C23H23ClFNO/c1-4-16-7-6-8-17(5-2)23(16)21-11-9-18(15(3)26-21)14-27-22-12-10-19(24)13-20(22)25/h6-13H,4-5,14H2,1-3H3. The monoisotopic (exact) mass is 383 g/mol. The quantitative estimate of drug-likeness (QED) is 0.481. The number of pyridine rings is 1. The van der Waals surface area contributed by atoms with Gasteiger partial charge in [0.15, 0.2) is 11.6 Å². The zero-order valence-corrected chi connectivity index (χ0v) is 16.6. The first-order valence-electron chi connectivity index (χ1n) is 9.19. The largest absolute Gasteiger partial charge is 0.486 e. The van der Waals surface area contributed by atoms with Gasteiger partial charge in [-0.2, -0.15) is 0 Å². The zero-order valence-electron chi connectivity index (χ0n) is 15.9. The molecule has 0 N–H and O–H groups in total. The van der Waals surface area contributed by atoms with Gasteiger partial charge in [-0.3, -0.25) is 4.98 Å². The highest BCUT2D eigenvalue weighted by Gasteiger charge is 2.12. The number of ether oxygens (including phenoxy) is 1. The highest BCUT2D eigenvalue weighted by Crippen LogP contribution is 2.29. The molecule has 0 aliphatic heterocycles. The summed E-state index contributed by atoms with van der Waals surface area (Å²) >= 11 is 5.78. The summed E-state index contributed by atoms with van der Waals surface area (Å²) < 4.78 is 19.5. The van der Waals surface area contributed by atoms with Crippen LogP contribution in [0.5, 0.6) is 5.75 Å². The Kier molecular flexibility index (Phi) is 6.12. The van der Waals surface area contributed by atoms with Crippen molar-refractivity contribution in [3.8, 4) is 17.0 Å². The summed E-state index contributed by atoms with van der Waals surface area (Å²) in [6.07, 6.45) is 1.93. The Morgan fingerprint density at radius 1 is 0.963 bits per heavy atom. The maximum atomic E-state index is 13.9. The predicted molar refractivity (Wildman–Crippen MR) is 109 cm³/mol. The van der Waals surface area contributed by atoms with Crippen LogP contribution in [0.2, 0.25) is 5.02 Å². The SMILES string of the molecule is CCc1cccc(CC)c1-c1ccc(COc2ccc(Cl)cc2F)c(C)n1. The van der Waals surface area contributed by atoms with Gasteiger partial charge in [0.1, 0.15) is 6.61 Å². The van der Waals surface area contributed by atoms with E-state index in [1.165, 1.54) is 22.8 Å². The molecule has 0 saturated carbocycles. The number of aromatic nitrogens is 1. The fraction of sp³-hybridized carbons (Fsp3) is 0.261. The molecule has 0 radical (unpaired) electrons. The maximum Gasteiger partial charge on any atom is 0.166 e. The summed E-state index contributed by atoms with van der Waals surface area (Å²) in [6.45, 7) is 6.54. The lowest BCUT2D eigenvalue weighted by Gasteiger charge is -2.15. The smallest absolute Gasteiger partial charge is 0.166 e. The van der Waals surface area contributed by atoms with E-state index in [1.54, 1.807) is 12.1 Å². The van der Waals surface area contributed by atoms with Crippen LogP contribution in [0.1, 0.15) is 36.2 Å². The van der Waals surface area contributed by atoms with E-state index < -0.39 is 5.82 Å². The summed E-state index contributed by atoms with van der Waals surface area (Å²) in [6, 6.07) is 14.9. The van der Waals surface area contributed by atoms with Crippen molar-refractivity contribution in [1.29, 1.82) is 0 Å². The van der Waals surface area contributed by atoms with Crippen molar-refractivity contribution in [1.82, 2.24) is 4.98 Å². The molecule has 2 nitrogen and oxygen atoms in total. The molecule has 0 saturated heterocycles. The number of halogens is 2. The Labute approximate surface area is 165 Å². The van der Waals surface area contributed by atoms with Crippen molar-refractivity contribution in [3.63, 3.8) is 0 Å². The Bertz CT molecular complexity index is 933. The average molecular weight is 384 g/mol. The fourth-order valence-electron chi connectivity index (χ4n) is 3.20. The van der Waals surface area contributed by atoms with Crippen LogP contribution in [0.25, 0.3) is 11.3 Å². The lowest BCUT2D eigenvalue weighted by molar-refractivity contribution is 0.289. The minimum atomic E-state index is -0.464. The van der Waals surface area contributed by atoms with Gasteiger partial charge < -0.3 is 4.74 Å². The van der Waals surface area contributed by atoms with Gasteiger partial charge in [0, 0.05) is 21.8 Å². The fourth-order valence-corrected chi connectivity index (χ4v) is 3.36. The van der Waals surface area contributed by atoms with Crippen molar-refractivity contribution in [3.05, 3.63) is 81.8 Å². The highest BCUT2D eigenvalue weighted by molar-refractivity contribution is 6.30. The Morgan fingerprint density at radius 3 is 2.26 bits per heavy atom. The van der Waals surface area contributed by atoms with E-state index in [9.17, 15) is 4.39 Å². The summed E-state index contributed by atoms with van der Waals surface area (Å²) in [7, 11) is 0. The van der Waals surface area contributed by atoms with E-state index in [1.807, 2.05) is 19.1 Å². The summed E-state index contributed by atoms with van der Waals surface area (Å²) in [5, 5.41) is 0.350. The van der Waals surface area contributed by atoms with Crippen LogP contribution in [-0.2, 0) is 19.4 Å². The van der Waals surface area contributed by atoms with E-state index in [0.29, 0.717) is 5.02 Å². The van der Waals surface area contributed by atoms with Gasteiger partial charge in [0.25, 0.3) is 0 Å². The van der Waals surface area contributed by atoms with Gasteiger partial charge in [-0.1, -0.05) is 49.7 Å². The third kappa shape index (κ3) is 4.30. The Balaban J connectivity index is 1.86. The topological polar surface area (TPSA) is 22.1 Å². The lowest BCUT2D eigenvalue weighted by atomic mass is 9.94. The van der Waals surface area contributed by atoms with Gasteiger partial charge >= 0.3 is 0 Å². The van der Waals surface area contributed by atoms with Gasteiger partial charge in [-0.15, -0.1) is 0 Å². The van der Waals surface area contributed by atoms with Crippen molar-refractivity contribution < 1.29 is 9.13 Å². The molecule has 3 aromatic rings. The summed E-state index contributed by atoms with van der Waals surface area (Å²) in [5.41, 5.74) is 6.61. The first kappa shape index (κ1) is 19.4. The van der Waals surface area contributed by atoms with Crippen molar-refractivity contribution >= 4 is 11.6 Å². The molecule has 27 heavy (non-hydrogen) atoms. The lowest BCUT2D eigenvalue weighted by Crippen LogP contribution is -2.03. The van der Waals surface area contributed by atoms with E-state index in [-0.39, 0.29) is 12.4 Å². The number of hydrogen-bond acceptors (Lipinski definition) is 2. The molecule has 3 rings (SSSR count). The second-order valence-electron chi connectivity index (χ2n) is 6.46. The molecule has 0 fully saturated rings. The number of benzene rings is 2. The molecule has 140 valence electrons. The molecule has 0 amide bonds. The average Bonchev–Trinajstić information content (AvgIpc) is 2.67. The number of nitrogens with zero attached hydrogens (tertiary/aromatic N) is 1. The van der Waals surface area contributed by atoms with Gasteiger partial charge in [0.05, 0.1) is 5.69 Å². The third-order valence-electron chi connectivity index (χ3n) is 4.73. The van der Waals surface area contributed by atoms with E-state index >= 15 is 0 Å². The Morgan fingerprint density at radius 2 is 1.67 bits per heavy atom. The molecule has 0 atom stereocenters. The normalized spacial score (nSPS) is 10.9. The summed E-state index contributed by atoms with van der Waals surface area (Å²) in [5.74, 6) is -0.276. The van der Waals surface area contributed by atoms with Crippen LogP contribution < -0.4 is 4.74 Å². The first-order valence-corrected chi connectivity index (χ1v) is 9.56. The van der Waals surface area contributed by atoms with Crippen LogP contribution >= 0.6 is 11.6 Å². The number of aryl methyl sites for hydroxylation is 3. The zero-order chi connectivity index (χ0) is 19.4. The van der Waals surface area contributed by atoms with Crippen LogP contribution in [0, 0.1) is 12.7 Å². The molecule has 0 spiro atoms. The second kappa shape index (κ2) is 8.53. The minimum absolute atomic E-state index is 0.187.